The average Bonchev–Trinajstić information content (AvgIpc) is 1.64. The average molecular weight is 130 g/mol. The van der Waals surface area contributed by atoms with Crippen LogP contribution in [0.2, 0.25) is 0 Å². The van der Waals surface area contributed by atoms with Crippen LogP contribution in [0.4, 0.5) is 0 Å². The summed E-state index contributed by atoms with van der Waals surface area (Å²) in [5, 5.41) is 0. The predicted molar refractivity (Wildman–Crippen MR) is 37.9 cm³/mol. The molecule has 0 aromatic heterocycles. The van der Waals surface area contributed by atoms with Gasteiger partial charge in [0.15, 0.2) is 5.79 Å². The van der Waals surface area contributed by atoms with Crippen molar-refractivity contribution in [1.29, 1.82) is 0 Å². The molecule has 0 aliphatic carbocycles. The van der Waals surface area contributed by atoms with Gasteiger partial charge in [0.05, 0.1) is 5.70 Å². The Labute approximate surface area is 54.9 Å². The molecule has 0 spiro atoms. The Kier molecular flexibility index (Phi) is 2.64. The van der Waals surface area contributed by atoms with Gasteiger partial charge in [-0.05, 0) is 6.42 Å². The van der Waals surface area contributed by atoms with Crippen LogP contribution in [-0.2, 0) is 0 Å². The smallest absolute Gasteiger partial charge is 0.157 e. The summed E-state index contributed by atoms with van der Waals surface area (Å²) in [7, 11) is 0. The van der Waals surface area contributed by atoms with Crippen molar-refractivity contribution < 1.29 is 0 Å². The van der Waals surface area contributed by atoms with E-state index in [2.05, 4.69) is 0 Å². The molecule has 0 radical (unpaired) electrons. The van der Waals surface area contributed by atoms with E-state index in [1.54, 1.807) is 6.08 Å². The Bertz CT molecular complexity index is 111. The van der Waals surface area contributed by atoms with Gasteiger partial charge in [-0.3, -0.25) is 17.2 Å². The van der Waals surface area contributed by atoms with E-state index in [0.717, 1.165) is 6.42 Å². The number of hydrogen-bond acceptors (Lipinski definition) is 4. The lowest BCUT2D eigenvalue weighted by molar-refractivity contribution is 0.537. The molecular formula is C5H14N4. The fourth-order valence-corrected chi connectivity index (χ4v) is 0.397. The third kappa shape index (κ3) is 3.07. The fraction of sp³-hybridized carbons (Fsp3) is 0.600. The monoisotopic (exact) mass is 130 g/mol. The van der Waals surface area contributed by atoms with Gasteiger partial charge in [0.25, 0.3) is 0 Å². The van der Waals surface area contributed by atoms with Gasteiger partial charge in [-0.25, -0.2) is 0 Å². The number of hydrogen-bond donors (Lipinski definition) is 4. The first-order valence-corrected chi connectivity index (χ1v) is 2.81. The molecule has 0 heterocycles. The summed E-state index contributed by atoms with van der Waals surface area (Å²) in [6, 6.07) is 0. The van der Waals surface area contributed by atoms with Gasteiger partial charge in [0.1, 0.15) is 0 Å². The normalized spacial score (nSPS) is 14.0. The molecule has 0 rings (SSSR count). The van der Waals surface area contributed by atoms with Gasteiger partial charge < -0.3 is 5.73 Å². The van der Waals surface area contributed by atoms with E-state index < -0.39 is 5.79 Å². The van der Waals surface area contributed by atoms with Gasteiger partial charge in [0, 0.05) is 0 Å². The molecule has 0 aromatic carbocycles. The Hall–Kier alpha value is -0.580. The molecule has 0 unspecified atom stereocenters. The van der Waals surface area contributed by atoms with Crippen molar-refractivity contribution in [2.24, 2.45) is 22.9 Å². The second-order valence-corrected chi connectivity index (χ2v) is 2.00. The first-order chi connectivity index (χ1) is 3.98. The maximum Gasteiger partial charge on any atom is 0.157 e. The molecule has 0 atom stereocenters. The highest BCUT2D eigenvalue weighted by Crippen LogP contribution is 1.93. The van der Waals surface area contributed by atoms with Crippen LogP contribution in [0.5, 0.6) is 0 Å². The largest absolute Gasteiger partial charge is 0.399 e. The summed E-state index contributed by atoms with van der Waals surface area (Å²) in [5.41, 5.74) is 21.4. The van der Waals surface area contributed by atoms with E-state index in [4.69, 9.17) is 22.9 Å². The summed E-state index contributed by atoms with van der Waals surface area (Å²) in [6.45, 7) is 1.93. The molecule has 0 saturated carbocycles. The molecule has 9 heavy (non-hydrogen) atoms. The first-order valence-electron chi connectivity index (χ1n) is 2.81. The maximum absolute atomic E-state index is 5.35. The summed E-state index contributed by atoms with van der Waals surface area (Å²) in [6.07, 6.45) is 2.49. The third-order valence-electron chi connectivity index (χ3n) is 0.924. The lowest BCUT2D eigenvalue weighted by Crippen LogP contribution is -2.61. The van der Waals surface area contributed by atoms with E-state index >= 15 is 0 Å². The molecule has 4 heteroatoms. The summed E-state index contributed by atoms with van der Waals surface area (Å²) < 4.78 is 0. The van der Waals surface area contributed by atoms with Gasteiger partial charge in [-0.15, -0.1) is 0 Å². The molecule has 54 valence electrons. The number of rotatable bonds is 2. The van der Waals surface area contributed by atoms with E-state index in [0.29, 0.717) is 5.70 Å². The van der Waals surface area contributed by atoms with Crippen molar-refractivity contribution in [3.63, 3.8) is 0 Å². The van der Waals surface area contributed by atoms with E-state index in [9.17, 15) is 0 Å². The van der Waals surface area contributed by atoms with Crippen molar-refractivity contribution in [1.82, 2.24) is 0 Å². The molecular weight excluding hydrogens is 116 g/mol. The van der Waals surface area contributed by atoms with E-state index in [1.165, 1.54) is 0 Å². The van der Waals surface area contributed by atoms with Gasteiger partial charge in [-0.2, -0.15) is 0 Å². The molecule has 0 aromatic rings. The Morgan fingerprint density at radius 2 is 1.89 bits per heavy atom. The van der Waals surface area contributed by atoms with Crippen LogP contribution >= 0.6 is 0 Å². The minimum Gasteiger partial charge on any atom is -0.399 e. The van der Waals surface area contributed by atoms with Gasteiger partial charge >= 0.3 is 0 Å². The molecule has 0 saturated heterocycles. The number of nitrogens with two attached hydrogens (primary N) is 4. The quantitative estimate of drug-likeness (QED) is 0.351. The van der Waals surface area contributed by atoms with E-state index in [1.807, 2.05) is 6.92 Å². The molecule has 0 bridgehead atoms. The standard InChI is InChI=1S/C5H14N4/c1-2-3-4(6)5(7,8)9/h3H,2,6-9H2,1H3. The van der Waals surface area contributed by atoms with Crippen molar-refractivity contribution in [2.45, 2.75) is 19.1 Å². The Morgan fingerprint density at radius 1 is 1.44 bits per heavy atom. The zero-order valence-corrected chi connectivity index (χ0v) is 5.59. The van der Waals surface area contributed by atoms with Crippen LogP contribution in [-0.4, -0.2) is 5.79 Å². The van der Waals surface area contributed by atoms with Crippen molar-refractivity contribution in [3.8, 4) is 0 Å². The maximum atomic E-state index is 5.35. The SMILES string of the molecule is CCC=C(N)C(N)(N)N. The highest BCUT2D eigenvalue weighted by atomic mass is 15.1. The summed E-state index contributed by atoms with van der Waals surface area (Å²) in [4.78, 5) is 0. The molecule has 0 aliphatic heterocycles. The zero-order valence-electron chi connectivity index (χ0n) is 5.59. The molecule has 0 amide bonds. The topological polar surface area (TPSA) is 104 Å². The highest BCUT2D eigenvalue weighted by molar-refractivity contribution is 5.09. The second kappa shape index (κ2) is 2.82. The van der Waals surface area contributed by atoms with Gasteiger partial charge in [-0.1, -0.05) is 13.0 Å². The van der Waals surface area contributed by atoms with Crippen LogP contribution in [0.3, 0.4) is 0 Å². The van der Waals surface area contributed by atoms with Crippen LogP contribution in [0, 0.1) is 0 Å². The minimum atomic E-state index is -1.35. The van der Waals surface area contributed by atoms with Crippen LogP contribution in [0.15, 0.2) is 11.8 Å². The first kappa shape index (κ1) is 8.42. The molecule has 8 N–H and O–H groups in total. The van der Waals surface area contributed by atoms with Crippen molar-refractivity contribution >= 4 is 0 Å². The van der Waals surface area contributed by atoms with Crippen LogP contribution in [0.25, 0.3) is 0 Å². The Balaban J connectivity index is 4.03. The molecule has 0 fully saturated rings. The second-order valence-electron chi connectivity index (χ2n) is 2.00. The van der Waals surface area contributed by atoms with E-state index in [-0.39, 0.29) is 0 Å². The summed E-state index contributed by atoms with van der Waals surface area (Å²) in [5.74, 6) is -1.35. The highest BCUT2D eigenvalue weighted by Gasteiger charge is 2.13. The zero-order chi connectivity index (χ0) is 7.49. The number of allylic oxidation sites excluding steroid dienone is 1. The minimum absolute atomic E-state index is 0.324. The van der Waals surface area contributed by atoms with Crippen LogP contribution in [0.1, 0.15) is 13.3 Å². The molecule has 4 nitrogen and oxygen atoms in total. The Morgan fingerprint density at radius 3 is 2.00 bits per heavy atom. The van der Waals surface area contributed by atoms with Gasteiger partial charge in [0.2, 0.25) is 0 Å². The predicted octanol–water partition coefficient (Wildman–Crippen LogP) is -1.23. The van der Waals surface area contributed by atoms with Crippen molar-refractivity contribution in [3.05, 3.63) is 11.8 Å². The molecule has 0 aliphatic rings. The lowest BCUT2D eigenvalue weighted by Gasteiger charge is -2.18. The third-order valence-corrected chi connectivity index (χ3v) is 0.924. The fourth-order valence-electron chi connectivity index (χ4n) is 0.397. The van der Waals surface area contributed by atoms with Crippen molar-refractivity contribution in [2.75, 3.05) is 0 Å². The van der Waals surface area contributed by atoms with Crippen LogP contribution < -0.4 is 22.9 Å². The summed E-state index contributed by atoms with van der Waals surface area (Å²) >= 11 is 0. The lowest BCUT2D eigenvalue weighted by atomic mass is 10.2.